The van der Waals surface area contributed by atoms with Crippen LogP contribution in [0.3, 0.4) is 0 Å². The Balaban J connectivity index is 0.000000248. The molecule has 1 heterocycles. The van der Waals surface area contributed by atoms with E-state index in [9.17, 15) is 0 Å². The van der Waals surface area contributed by atoms with E-state index in [0.717, 1.165) is 23.5 Å². The van der Waals surface area contributed by atoms with Crippen LogP contribution in [-0.2, 0) is 11.2 Å². The summed E-state index contributed by atoms with van der Waals surface area (Å²) in [6.45, 7) is 6.24. The normalized spacial score (nSPS) is 13.4. The van der Waals surface area contributed by atoms with Gasteiger partial charge in [-0.1, -0.05) is 80.8 Å². The highest BCUT2D eigenvalue weighted by atomic mass is 16.1. The summed E-state index contributed by atoms with van der Waals surface area (Å²) in [5.74, 6) is 0.777. The van der Waals surface area contributed by atoms with Gasteiger partial charge in [-0.15, -0.1) is 0 Å². The van der Waals surface area contributed by atoms with Crippen molar-refractivity contribution in [2.75, 3.05) is 5.73 Å². The van der Waals surface area contributed by atoms with Crippen molar-refractivity contribution in [3.05, 3.63) is 95.7 Å². The number of nitrogens with two attached hydrogens (primary N) is 1. The van der Waals surface area contributed by atoms with Crippen LogP contribution in [0.25, 0.3) is 22.0 Å². The zero-order valence-corrected chi connectivity index (χ0v) is 20.5. The number of benzene rings is 3. The highest BCUT2D eigenvalue weighted by Gasteiger charge is 2.15. The molecule has 1 aromatic heterocycles. The first-order valence-corrected chi connectivity index (χ1v) is 12.2. The van der Waals surface area contributed by atoms with Crippen LogP contribution in [0.2, 0.25) is 0 Å². The topological polar surface area (TPSA) is 56.0 Å². The molecule has 0 bridgehead atoms. The highest BCUT2D eigenvalue weighted by Crippen LogP contribution is 2.34. The quantitative estimate of drug-likeness (QED) is 0.321. The molecule has 176 valence electrons. The van der Waals surface area contributed by atoms with E-state index in [0.29, 0.717) is 0 Å². The van der Waals surface area contributed by atoms with Gasteiger partial charge in [0.2, 0.25) is 0 Å². The van der Waals surface area contributed by atoms with E-state index in [2.05, 4.69) is 73.4 Å². The zero-order chi connectivity index (χ0) is 24.3. The molecular formula is C31H36N2O. The van der Waals surface area contributed by atoms with Crippen LogP contribution >= 0.6 is 0 Å². The fraction of sp³-hybridized carbons (Fsp3) is 0.290. The van der Waals surface area contributed by atoms with Gasteiger partial charge >= 0.3 is 0 Å². The summed E-state index contributed by atoms with van der Waals surface area (Å²) in [6, 6.07) is 25.9. The van der Waals surface area contributed by atoms with E-state index in [-0.39, 0.29) is 0 Å². The Kier molecular flexibility index (Phi) is 9.40. The SMILES string of the molecule is C=O.CCc1ccccc1N.Cc1ccnc2cc(-c3ccc(C4CCCCC4)cc3)ccc12. The van der Waals surface area contributed by atoms with Crippen LogP contribution in [0, 0.1) is 6.92 Å². The van der Waals surface area contributed by atoms with E-state index >= 15 is 0 Å². The minimum absolute atomic E-state index is 0.777. The van der Waals surface area contributed by atoms with Crippen LogP contribution in [0.15, 0.2) is 79.0 Å². The summed E-state index contributed by atoms with van der Waals surface area (Å²) >= 11 is 0. The summed E-state index contributed by atoms with van der Waals surface area (Å²) in [4.78, 5) is 12.5. The number of hydrogen-bond donors (Lipinski definition) is 1. The molecule has 0 radical (unpaired) electrons. The molecule has 1 saturated carbocycles. The molecule has 0 saturated heterocycles. The van der Waals surface area contributed by atoms with E-state index < -0.39 is 0 Å². The lowest BCUT2D eigenvalue weighted by Gasteiger charge is -2.22. The number of anilines is 1. The molecule has 1 fully saturated rings. The molecule has 3 nitrogen and oxygen atoms in total. The molecule has 0 aliphatic heterocycles. The molecule has 0 spiro atoms. The van der Waals surface area contributed by atoms with E-state index in [1.807, 2.05) is 31.2 Å². The molecule has 3 heteroatoms. The van der Waals surface area contributed by atoms with Gasteiger partial charge in [0.25, 0.3) is 0 Å². The summed E-state index contributed by atoms with van der Waals surface area (Å²) in [5, 5.41) is 1.25. The van der Waals surface area contributed by atoms with E-state index in [1.165, 1.54) is 65.3 Å². The average Bonchev–Trinajstić information content (AvgIpc) is 2.91. The first kappa shape index (κ1) is 25.2. The van der Waals surface area contributed by atoms with E-state index in [4.69, 9.17) is 10.5 Å². The van der Waals surface area contributed by atoms with Gasteiger partial charge < -0.3 is 10.5 Å². The van der Waals surface area contributed by atoms with Crippen molar-refractivity contribution in [1.29, 1.82) is 0 Å². The van der Waals surface area contributed by atoms with E-state index in [1.54, 1.807) is 0 Å². The molecule has 1 aliphatic carbocycles. The number of nitrogens with zero attached hydrogens (tertiary/aromatic N) is 1. The van der Waals surface area contributed by atoms with Crippen LogP contribution in [0.1, 0.15) is 61.6 Å². The van der Waals surface area contributed by atoms with Gasteiger partial charge in [-0.2, -0.15) is 0 Å². The van der Waals surface area contributed by atoms with Crippen molar-refractivity contribution in [1.82, 2.24) is 4.98 Å². The molecule has 5 rings (SSSR count). The second kappa shape index (κ2) is 12.7. The van der Waals surface area contributed by atoms with Gasteiger partial charge in [0, 0.05) is 17.3 Å². The van der Waals surface area contributed by atoms with Crippen molar-refractivity contribution in [2.24, 2.45) is 0 Å². The van der Waals surface area contributed by atoms with Crippen molar-refractivity contribution >= 4 is 23.4 Å². The van der Waals surface area contributed by atoms with Gasteiger partial charge in [0.15, 0.2) is 0 Å². The fourth-order valence-corrected chi connectivity index (χ4v) is 4.71. The number of aryl methyl sites for hydroxylation is 2. The summed E-state index contributed by atoms with van der Waals surface area (Å²) in [6.07, 6.45) is 9.83. The van der Waals surface area contributed by atoms with Gasteiger partial charge in [0.05, 0.1) is 5.52 Å². The monoisotopic (exact) mass is 452 g/mol. The molecule has 2 N–H and O–H groups in total. The first-order chi connectivity index (χ1) is 16.7. The number of carbonyl (C=O) groups is 1. The van der Waals surface area contributed by atoms with Crippen molar-refractivity contribution in [3.63, 3.8) is 0 Å². The molecular weight excluding hydrogens is 416 g/mol. The predicted octanol–water partition coefficient (Wildman–Crippen LogP) is 7.90. The lowest BCUT2D eigenvalue weighted by Crippen LogP contribution is -2.04. The third-order valence-corrected chi connectivity index (χ3v) is 6.72. The fourth-order valence-electron chi connectivity index (χ4n) is 4.71. The second-order valence-corrected chi connectivity index (χ2v) is 8.87. The van der Waals surface area contributed by atoms with Gasteiger partial charge in [-0.3, -0.25) is 4.98 Å². The Morgan fingerprint density at radius 3 is 2.21 bits per heavy atom. The minimum Gasteiger partial charge on any atom is -0.399 e. The van der Waals surface area contributed by atoms with Crippen LogP contribution < -0.4 is 5.73 Å². The maximum absolute atomic E-state index is 8.00. The molecule has 1 aliphatic rings. The Bertz CT molecular complexity index is 1180. The van der Waals surface area contributed by atoms with Crippen molar-refractivity contribution < 1.29 is 4.79 Å². The molecule has 0 atom stereocenters. The molecule has 34 heavy (non-hydrogen) atoms. The smallest absolute Gasteiger partial charge is 0.106 e. The van der Waals surface area contributed by atoms with Crippen LogP contribution in [0.5, 0.6) is 0 Å². The average molecular weight is 453 g/mol. The molecule has 0 amide bonds. The Morgan fingerprint density at radius 1 is 0.882 bits per heavy atom. The molecule has 0 unspecified atom stereocenters. The number of aromatic nitrogens is 1. The number of para-hydroxylation sites is 1. The second-order valence-electron chi connectivity index (χ2n) is 8.87. The number of hydrogen-bond acceptors (Lipinski definition) is 3. The number of pyridine rings is 1. The predicted molar refractivity (Wildman–Crippen MR) is 145 cm³/mol. The summed E-state index contributed by atoms with van der Waals surface area (Å²) < 4.78 is 0. The Labute approximate surface area is 204 Å². The minimum atomic E-state index is 0.777. The summed E-state index contributed by atoms with van der Waals surface area (Å²) in [7, 11) is 0. The third-order valence-electron chi connectivity index (χ3n) is 6.72. The van der Waals surface area contributed by atoms with Crippen LogP contribution in [0.4, 0.5) is 5.69 Å². The third kappa shape index (κ3) is 6.32. The standard InChI is InChI=1S/C22H23N.C8H11N.CH2O/c1-16-13-14-23-22-15-20(11-12-21(16)22)19-9-7-18(8-10-19)17-5-3-2-4-6-17;1-2-7-5-3-4-6-8(7)9;1-2/h7-15,17H,2-6H2,1H3;3-6H,2,9H2,1H3;1H2. The number of nitrogen functional groups attached to an aromatic ring is 1. The maximum atomic E-state index is 8.00. The van der Waals surface area contributed by atoms with Crippen LogP contribution in [-0.4, -0.2) is 11.8 Å². The lowest BCUT2D eigenvalue weighted by atomic mass is 9.83. The molecule has 4 aromatic rings. The lowest BCUT2D eigenvalue weighted by molar-refractivity contribution is -0.0979. The number of fused-ring (bicyclic) bond motifs is 1. The number of rotatable bonds is 3. The Hall–Kier alpha value is -3.46. The van der Waals surface area contributed by atoms with Crippen molar-refractivity contribution in [3.8, 4) is 11.1 Å². The number of carbonyl (C=O) groups excluding carboxylic acids is 1. The van der Waals surface area contributed by atoms with Gasteiger partial charge in [0.1, 0.15) is 6.79 Å². The first-order valence-electron chi connectivity index (χ1n) is 12.2. The largest absolute Gasteiger partial charge is 0.399 e. The highest BCUT2D eigenvalue weighted by molar-refractivity contribution is 5.86. The summed E-state index contributed by atoms with van der Waals surface area (Å²) in [5.41, 5.74) is 14.2. The van der Waals surface area contributed by atoms with Gasteiger partial charge in [-0.25, -0.2) is 0 Å². The zero-order valence-electron chi connectivity index (χ0n) is 20.5. The van der Waals surface area contributed by atoms with Gasteiger partial charge in [-0.05, 0) is 78.1 Å². The van der Waals surface area contributed by atoms with Crippen molar-refractivity contribution in [2.45, 2.75) is 58.3 Å². The maximum Gasteiger partial charge on any atom is 0.106 e. The molecule has 3 aromatic carbocycles. The Morgan fingerprint density at radius 2 is 1.56 bits per heavy atom.